The molecule has 0 saturated carbocycles. The summed E-state index contributed by atoms with van der Waals surface area (Å²) in [4.78, 5) is 12.1. The lowest BCUT2D eigenvalue weighted by Gasteiger charge is -2.29. The summed E-state index contributed by atoms with van der Waals surface area (Å²) in [5.74, 6) is 0.243. The van der Waals surface area contributed by atoms with Crippen molar-refractivity contribution in [2.45, 2.75) is 12.2 Å². The summed E-state index contributed by atoms with van der Waals surface area (Å²) in [5, 5.41) is 10.1. The molecule has 3 nitrogen and oxygen atoms in total. The molecule has 90 valence electrons. The predicted molar refractivity (Wildman–Crippen MR) is 66.6 cm³/mol. The fourth-order valence-corrected chi connectivity index (χ4v) is 2.16. The van der Waals surface area contributed by atoms with Crippen LogP contribution in [0.2, 0.25) is 0 Å². The number of hydrogen-bond acceptors (Lipinski definition) is 3. The summed E-state index contributed by atoms with van der Waals surface area (Å²) in [7, 11) is 0. The minimum Gasteiger partial charge on any atom is -0.482 e. The van der Waals surface area contributed by atoms with Gasteiger partial charge >= 0.3 is 0 Å². The number of aliphatic hydroxyl groups excluding tert-OH is 1. The molecule has 3 heteroatoms. The van der Waals surface area contributed by atoms with Crippen LogP contribution in [0.4, 0.5) is 0 Å². The molecule has 0 saturated heterocycles. The maximum Gasteiger partial charge on any atom is 0.199 e. The summed E-state index contributed by atoms with van der Waals surface area (Å²) in [6.45, 7) is 0. The Morgan fingerprint density at radius 3 is 2.39 bits per heavy atom. The monoisotopic (exact) mass is 240 g/mol. The van der Waals surface area contributed by atoms with Crippen LogP contribution in [0, 0.1) is 0 Å². The van der Waals surface area contributed by atoms with Gasteiger partial charge in [-0.25, -0.2) is 0 Å². The predicted octanol–water partition coefficient (Wildman–Crippen LogP) is 2.36. The third-order valence-corrected chi connectivity index (χ3v) is 3.09. The molecule has 0 aliphatic carbocycles. The van der Waals surface area contributed by atoms with Crippen molar-refractivity contribution in [1.29, 1.82) is 0 Å². The molecule has 0 fully saturated rings. The number of ether oxygens (including phenoxy) is 1. The molecule has 0 aromatic heterocycles. The molecule has 1 heterocycles. The summed E-state index contributed by atoms with van der Waals surface area (Å²) >= 11 is 0. The zero-order chi connectivity index (χ0) is 12.5. The second-order valence-electron chi connectivity index (χ2n) is 4.25. The quantitative estimate of drug-likeness (QED) is 0.832. The van der Waals surface area contributed by atoms with Crippen molar-refractivity contribution in [2.75, 3.05) is 0 Å². The Morgan fingerprint density at radius 1 is 0.944 bits per heavy atom. The maximum atomic E-state index is 12.1. The van der Waals surface area contributed by atoms with Gasteiger partial charge in [0.25, 0.3) is 0 Å². The van der Waals surface area contributed by atoms with Gasteiger partial charge in [-0.2, -0.15) is 0 Å². The summed E-state index contributed by atoms with van der Waals surface area (Å²) in [6.07, 6.45) is -1.78. The molecule has 0 spiro atoms. The molecule has 0 unspecified atom stereocenters. The summed E-state index contributed by atoms with van der Waals surface area (Å²) < 4.78 is 5.73. The SMILES string of the molecule is O=C1c2ccccc2O[C@@H](c2ccccc2)[C@@H]1O. The first kappa shape index (κ1) is 11.0. The van der Waals surface area contributed by atoms with Crippen LogP contribution in [-0.2, 0) is 0 Å². The molecule has 0 radical (unpaired) electrons. The Bertz CT molecular complexity index is 577. The molecule has 3 rings (SSSR count). The number of carbonyl (C=O) groups excluding carboxylic acids is 1. The summed E-state index contributed by atoms with van der Waals surface area (Å²) in [5.41, 5.74) is 1.24. The average Bonchev–Trinajstić information content (AvgIpc) is 2.44. The van der Waals surface area contributed by atoms with E-state index in [4.69, 9.17) is 4.74 Å². The lowest BCUT2D eigenvalue weighted by molar-refractivity contribution is 0.0216. The van der Waals surface area contributed by atoms with Crippen molar-refractivity contribution in [3.63, 3.8) is 0 Å². The molecule has 1 aliphatic rings. The van der Waals surface area contributed by atoms with Crippen LogP contribution in [0.15, 0.2) is 54.6 Å². The van der Waals surface area contributed by atoms with E-state index in [2.05, 4.69) is 0 Å². The normalized spacial score (nSPS) is 22.2. The zero-order valence-corrected chi connectivity index (χ0v) is 9.61. The first-order valence-electron chi connectivity index (χ1n) is 5.80. The highest BCUT2D eigenvalue weighted by Crippen LogP contribution is 2.34. The first-order valence-corrected chi connectivity index (χ1v) is 5.80. The number of para-hydroxylation sites is 1. The van der Waals surface area contributed by atoms with Crippen molar-refractivity contribution >= 4 is 5.78 Å². The molecule has 1 aliphatic heterocycles. The van der Waals surface area contributed by atoms with Crippen molar-refractivity contribution in [1.82, 2.24) is 0 Å². The molecule has 2 aromatic carbocycles. The van der Waals surface area contributed by atoms with E-state index in [1.807, 2.05) is 36.4 Å². The number of rotatable bonds is 1. The van der Waals surface area contributed by atoms with E-state index in [0.717, 1.165) is 5.56 Å². The van der Waals surface area contributed by atoms with Crippen LogP contribution in [0.5, 0.6) is 5.75 Å². The number of benzene rings is 2. The van der Waals surface area contributed by atoms with Crippen LogP contribution in [0.25, 0.3) is 0 Å². The number of fused-ring (bicyclic) bond motifs is 1. The lowest BCUT2D eigenvalue weighted by Crippen LogP contribution is -2.36. The number of aliphatic hydroxyl groups is 1. The fraction of sp³-hybridized carbons (Fsp3) is 0.133. The Morgan fingerprint density at radius 2 is 1.61 bits per heavy atom. The fourth-order valence-electron chi connectivity index (χ4n) is 2.16. The maximum absolute atomic E-state index is 12.1. The third kappa shape index (κ3) is 1.69. The smallest absolute Gasteiger partial charge is 0.199 e. The zero-order valence-electron chi connectivity index (χ0n) is 9.61. The lowest BCUT2D eigenvalue weighted by atomic mass is 9.94. The minimum atomic E-state index is -1.15. The van der Waals surface area contributed by atoms with Crippen LogP contribution in [0.3, 0.4) is 0 Å². The minimum absolute atomic E-state index is 0.286. The van der Waals surface area contributed by atoms with Crippen molar-refractivity contribution in [2.24, 2.45) is 0 Å². The van der Waals surface area contributed by atoms with E-state index in [1.54, 1.807) is 18.2 Å². The van der Waals surface area contributed by atoms with Gasteiger partial charge in [0.1, 0.15) is 5.75 Å². The van der Waals surface area contributed by atoms with Crippen LogP contribution in [0.1, 0.15) is 22.0 Å². The van der Waals surface area contributed by atoms with Gasteiger partial charge < -0.3 is 9.84 Å². The Kier molecular flexibility index (Phi) is 2.61. The van der Waals surface area contributed by atoms with Crippen LogP contribution < -0.4 is 4.74 Å². The highest BCUT2D eigenvalue weighted by atomic mass is 16.5. The first-order chi connectivity index (χ1) is 8.77. The van der Waals surface area contributed by atoms with E-state index in [1.165, 1.54) is 0 Å². The second kappa shape index (κ2) is 4.27. The topological polar surface area (TPSA) is 46.5 Å². The molecular weight excluding hydrogens is 228 g/mol. The second-order valence-corrected chi connectivity index (χ2v) is 4.25. The number of ketones is 1. The summed E-state index contributed by atoms with van der Waals surface area (Å²) in [6, 6.07) is 16.3. The molecular formula is C15H12O3. The standard InChI is InChI=1S/C15H12O3/c16-13-11-8-4-5-9-12(11)18-15(14(13)17)10-6-2-1-3-7-10/h1-9,14-15,17H/t14-,15+/m1/s1. The molecule has 0 bridgehead atoms. The van der Waals surface area contributed by atoms with E-state index in [-0.39, 0.29) is 5.78 Å². The van der Waals surface area contributed by atoms with Crippen molar-refractivity contribution in [3.05, 3.63) is 65.7 Å². The van der Waals surface area contributed by atoms with Gasteiger partial charge in [0.2, 0.25) is 0 Å². The average molecular weight is 240 g/mol. The Hall–Kier alpha value is -2.13. The van der Waals surface area contributed by atoms with Crippen LogP contribution in [-0.4, -0.2) is 17.0 Å². The molecule has 0 amide bonds. The van der Waals surface area contributed by atoms with Gasteiger partial charge in [0.05, 0.1) is 5.56 Å². The largest absolute Gasteiger partial charge is 0.482 e. The highest BCUT2D eigenvalue weighted by molar-refractivity contribution is 6.03. The van der Waals surface area contributed by atoms with E-state index in [0.29, 0.717) is 11.3 Å². The number of Topliss-reactive ketones (excluding diaryl/α,β-unsaturated/α-hetero) is 1. The van der Waals surface area contributed by atoms with Gasteiger partial charge in [0, 0.05) is 0 Å². The highest BCUT2D eigenvalue weighted by Gasteiger charge is 2.36. The van der Waals surface area contributed by atoms with Crippen LogP contribution >= 0.6 is 0 Å². The van der Waals surface area contributed by atoms with Gasteiger partial charge in [-0.15, -0.1) is 0 Å². The number of hydrogen-bond donors (Lipinski definition) is 1. The molecule has 1 N–H and O–H groups in total. The molecule has 2 atom stereocenters. The molecule has 18 heavy (non-hydrogen) atoms. The van der Waals surface area contributed by atoms with Crippen molar-refractivity contribution in [3.8, 4) is 5.75 Å². The van der Waals surface area contributed by atoms with E-state index in [9.17, 15) is 9.90 Å². The Balaban J connectivity index is 2.04. The van der Waals surface area contributed by atoms with Gasteiger partial charge in [0.15, 0.2) is 18.0 Å². The van der Waals surface area contributed by atoms with Gasteiger partial charge in [-0.1, -0.05) is 42.5 Å². The number of carbonyl (C=O) groups is 1. The van der Waals surface area contributed by atoms with Gasteiger partial charge in [-0.05, 0) is 17.7 Å². The van der Waals surface area contributed by atoms with E-state index < -0.39 is 12.2 Å². The Labute approximate surface area is 105 Å². The van der Waals surface area contributed by atoms with E-state index >= 15 is 0 Å². The van der Waals surface area contributed by atoms with Gasteiger partial charge in [-0.3, -0.25) is 4.79 Å². The molecule has 2 aromatic rings. The third-order valence-electron chi connectivity index (χ3n) is 3.09. The van der Waals surface area contributed by atoms with Crippen molar-refractivity contribution < 1.29 is 14.6 Å².